The van der Waals surface area contributed by atoms with Gasteiger partial charge in [-0.1, -0.05) is 13.3 Å². The van der Waals surface area contributed by atoms with Gasteiger partial charge in [0.25, 0.3) is 5.91 Å². The van der Waals surface area contributed by atoms with Crippen LogP contribution in [0.1, 0.15) is 43.0 Å². The summed E-state index contributed by atoms with van der Waals surface area (Å²) in [4.78, 5) is 14.2. The standard InChI is InChI=1S/C15H21FN2O/c1-2-11-4-3-8-18(9-7-11)15(19)13-6-5-12(16)10-14(13)17/h5-6,10-11H,2-4,7-9,17H2,1H3. The Morgan fingerprint density at radius 3 is 2.89 bits per heavy atom. The second kappa shape index (κ2) is 6.04. The molecule has 1 aliphatic rings. The van der Waals surface area contributed by atoms with E-state index in [4.69, 9.17) is 5.73 Å². The minimum Gasteiger partial charge on any atom is -0.398 e. The number of nitrogens with two attached hydrogens (primary N) is 1. The zero-order chi connectivity index (χ0) is 13.8. The van der Waals surface area contributed by atoms with Crippen LogP contribution in [0.3, 0.4) is 0 Å². The van der Waals surface area contributed by atoms with Crippen LogP contribution in [0.15, 0.2) is 18.2 Å². The number of nitrogen functional groups attached to an aromatic ring is 1. The molecular weight excluding hydrogens is 243 g/mol. The summed E-state index contributed by atoms with van der Waals surface area (Å²) in [6.07, 6.45) is 4.43. The van der Waals surface area contributed by atoms with E-state index in [2.05, 4.69) is 6.92 Å². The van der Waals surface area contributed by atoms with Crippen molar-refractivity contribution in [1.29, 1.82) is 0 Å². The van der Waals surface area contributed by atoms with Crippen LogP contribution in [0.4, 0.5) is 10.1 Å². The van der Waals surface area contributed by atoms with Crippen molar-refractivity contribution in [3.63, 3.8) is 0 Å². The van der Waals surface area contributed by atoms with Gasteiger partial charge in [-0.15, -0.1) is 0 Å². The van der Waals surface area contributed by atoms with Crippen molar-refractivity contribution in [3.8, 4) is 0 Å². The minimum atomic E-state index is -0.407. The Kier molecular flexibility index (Phi) is 4.40. The number of amides is 1. The van der Waals surface area contributed by atoms with E-state index in [-0.39, 0.29) is 11.6 Å². The average molecular weight is 264 g/mol. The van der Waals surface area contributed by atoms with Gasteiger partial charge in [0.2, 0.25) is 0 Å². The second-order valence-corrected chi connectivity index (χ2v) is 5.23. The Morgan fingerprint density at radius 1 is 1.42 bits per heavy atom. The molecule has 0 aromatic heterocycles. The number of carbonyl (C=O) groups is 1. The first-order chi connectivity index (χ1) is 9.11. The molecule has 3 nitrogen and oxygen atoms in total. The monoisotopic (exact) mass is 264 g/mol. The number of benzene rings is 1. The first-order valence-corrected chi connectivity index (χ1v) is 6.96. The predicted octanol–water partition coefficient (Wildman–Crippen LogP) is 3.06. The number of carbonyl (C=O) groups excluding carboxylic acids is 1. The smallest absolute Gasteiger partial charge is 0.255 e. The number of halogens is 1. The van der Waals surface area contributed by atoms with Crippen LogP contribution in [0.25, 0.3) is 0 Å². The SMILES string of the molecule is CCC1CCCN(C(=O)c2ccc(F)cc2N)CC1. The summed E-state index contributed by atoms with van der Waals surface area (Å²) >= 11 is 0. The number of hydrogen-bond acceptors (Lipinski definition) is 2. The molecule has 1 unspecified atom stereocenters. The van der Waals surface area contributed by atoms with E-state index in [9.17, 15) is 9.18 Å². The van der Waals surface area contributed by atoms with Gasteiger partial charge < -0.3 is 10.6 Å². The summed E-state index contributed by atoms with van der Waals surface area (Å²) in [6, 6.07) is 3.98. The van der Waals surface area contributed by atoms with Gasteiger partial charge in [-0.3, -0.25) is 4.79 Å². The van der Waals surface area contributed by atoms with Gasteiger partial charge in [-0.05, 0) is 43.4 Å². The highest BCUT2D eigenvalue weighted by atomic mass is 19.1. The molecule has 1 aromatic rings. The lowest BCUT2D eigenvalue weighted by Crippen LogP contribution is -2.32. The Labute approximate surface area is 113 Å². The van der Waals surface area contributed by atoms with Gasteiger partial charge in [0.05, 0.1) is 5.56 Å². The van der Waals surface area contributed by atoms with E-state index in [1.54, 1.807) is 0 Å². The van der Waals surface area contributed by atoms with Gasteiger partial charge in [-0.25, -0.2) is 4.39 Å². The Morgan fingerprint density at radius 2 is 2.21 bits per heavy atom. The molecule has 1 heterocycles. The van der Waals surface area contributed by atoms with E-state index in [0.717, 1.165) is 25.9 Å². The molecule has 1 saturated heterocycles. The number of likely N-dealkylation sites (tertiary alicyclic amines) is 1. The molecule has 1 aliphatic heterocycles. The largest absolute Gasteiger partial charge is 0.398 e. The Hall–Kier alpha value is -1.58. The van der Waals surface area contributed by atoms with Crippen molar-refractivity contribution in [2.24, 2.45) is 5.92 Å². The van der Waals surface area contributed by atoms with Crippen molar-refractivity contribution < 1.29 is 9.18 Å². The van der Waals surface area contributed by atoms with Crippen molar-refractivity contribution in [1.82, 2.24) is 4.90 Å². The van der Waals surface area contributed by atoms with E-state index in [1.165, 1.54) is 31.0 Å². The molecule has 1 amide bonds. The Balaban J connectivity index is 2.10. The van der Waals surface area contributed by atoms with Gasteiger partial charge in [0.15, 0.2) is 0 Å². The highest BCUT2D eigenvalue weighted by Crippen LogP contribution is 2.23. The van der Waals surface area contributed by atoms with Gasteiger partial charge in [-0.2, -0.15) is 0 Å². The van der Waals surface area contributed by atoms with E-state index in [0.29, 0.717) is 11.5 Å². The fourth-order valence-electron chi connectivity index (χ4n) is 2.68. The summed E-state index contributed by atoms with van der Waals surface area (Å²) < 4.78 is 13.0. The topological polar surface area (TPSA) is 46.3 Å². The molecule has 0 aliphatic carbocycles. The number of anilines is 1. The minimum absolute atomic E-state index is 0.0748. The maximum absolute atomic E-state index is 13.0. The molecule has 19 heavy (non-hydrogen) atoms. The summed E-state index contributed by atoms with van der Waals surface area (Å²) in [5.41, 5.74) is 6.37. The zero-order valence-electron chi connectivity index (χ0n) is 11.4. The van der Waals surface area contributed by atoms with E-state index < -0.39 is 5.82 Å². The number of hydrogen-bond donors (Lipinski definition) is 1. The fraction of sp³-hybridized carbons (Fsp3) is 0.533. The molecule has 2 rings (SSSR count). The molecule has 104 valence electrons. The molecule has 0 radical (unpaired) electrons. The molecule has 0 saturated carbocycles. The third-order valence-corrected chi connectivity index (χ3v) is 3.96. The Bertz CT molecular complexity index is 461. The average Bonchev–Trinajstić information content (AvgIpc) is 2.63. The lowest BCUT2D eigenvalue weighted by molar-refractivity contribution is 0.0761. The first-order valence-electron chi connectivity index (χ1n) is 6.96. The quantitative estimate of drug-likeness (QED) is 0.834. The van der Waals surface area contributed by atoms with Crippen molar-refractivity contribution in [2.45, 2.75) is 32.6 Å². The van der Waals surface area contributed by atoms with Crippen molar-refractivity contribution in [2.75, 3.05) is 18.8 Å². The summed E-state index contributed by atoms with van der Waals surface area (Å²) in [5, 5.41) is 0. The third-order valence-electron chi connectivity index (χ3n) is 3.96. The van der Waals surface area contributed by atoms with Crippen LogP contribution in [-0.2, 0) is 0 Å². The lowest BCUT2D eigenvalue weighted by atomic mass is 9.98. The lowest BCUT2D eigenvalue weighted by Gasteiger charge is -2.21. The molecule has 0 spiro atoms. The summed E-state index contributed by atoms with van der Waals surface area (Å²) in [5.74, 6) is 0.230. The molecule has 0 bridgehead atoms. The van der Waals surface area contributed by atoms with Crippen molar-refractivity contribution >= 4 is 11.6 Å². The van der Waals surface area contributed by atoms with Gasteiger partial charge in [0.1, 0.15) is 5.82 Å². The van der Waals surface area contributed by atoms with E-state index in [1.807, 2.05) is 4.90 Å². The number of rotatable bonds is 2. The normalized spacial score (nSPS) is 20.1. The zero-order valence-corrected chi connectivity index (χ0v) is 11.4. The maximum Gasteiger partial charge on any atom is 0.255 e. The highest BCUT2D eigenvalue weighted by Gasteiger charge is 2.22. The summed E-state index contributed by atoms with van der Waals surface area (Å²) in [7, 11) is 0. The van der Waals surface area contributed by atoms with E-state index >= 15 is 0 Å². The van der Waals surface area contributed by atoms with Crippen LogP contribution in [0.2, 0.25) is 0 Å². The molecule has 4 heteroatoms. The predicted molar refractivity (Wildman–Crippen MR) is 74.3 cm³/mol. The van der Waals surface area contributed by atoms with Crippen LogP contribution in [-0.4, -0.2) is 23.9 Å². The maximum atomic E-state index is 13.0. The first kappa shape index (κ1) is 13.8. The summed E-state index contributed by atoms with van der Waals surface area (Å²) in [6.45, 7) is 3.74. The van der Waals surface area contributed by atoms with Crippen LogP contribution < -0.4 is 5.73 Å². The molecular formula is C15H21FN2O. The molecule has 2 N–H and O–H groups in total. The van der Waals surface area contributed by atoms with Crippen LogP contribution in [0, 0.1) is 11.7 Å². The highest BCUT2D eigenvalue weighted by molar-refractivity contribution is 5.99. The van der Waals surface area contributed by atoms with Crippen LogP contribution >= 0.6 is 0 Å². The molecule has 1 aromatic carbocycles. The second-order valence-electron chi connectivity index (χ2n) is 5.23. The third kappa shape index (κ3) is 3.25. The van der Waals surface area contributed by atoms with Gasteiger partial charge in [0, 0.05) is 18.8 Å². The number of nitrogens with zero attached hydrogens (tertiary/aromatic N) is 1. The molecule has 1 atom stereocenters. The van der Waals surface area contributed by atoms with Gasteiger partial charge >= 0.3 is 0 Å². The van der Waals surface area contributed by atoms with Crippen molar-refractivity contribution in [3.05, 3.63) is 29.6 Å². The molecule has 1 fully saturated rings. The van der Waals surface area contributed by atoms with Crippen LogP contribution in [0.5, 0.6) is 0 Å². The fourth-order valence-corrected chi connectivity index (χ4v) is 2.68.